The van der Waals surface area contributed by atoms with Gasteiger partial charge in [0.05, 0.1) is 12.5 Å². The van der Waals surface area contributed by atoms with Gasteiger partial charge in [0, 0.05) is 17.6 Å². The Hall–Kier alpha value is -0.940. The summed E-state index contributed by atoms with van der Waals surface area (Å²) in [6.07, 6.45) is 2.09. The maximum Gasteiger partial charge on any atom is 0.224 e. The highest BCUT2D eigenvalue weighted by Gasteiger charge is 2.20. The molecule has 1 fully saturated rings. The normalized spacial score (nSPS) is 20.7. The van der Waals surface area contributed by atoms with Crippen LogP contribution in [-0.4, -0.2) is 24.0 Å². The molecule has 1 aliphatic rings. The maximum atomic E-state index is 11.8. The number of hydrogen-bond donors (Lipinski definition) is 2. The Morgan fingerprint density at radius 3 is 3.25 bits per heavy atom. The molecule has 0 saturated carbocycles. The quantitative estimate of drug-likeness (QED) is 0.829. The number of carbonyl (C=O) groups is 1. The first-order valence-electron chi connectivity index (χ1n) is 5.65. The molecule has 5 heteroatoms. The number of carbonyl (C=O) groups excluding carboxylic acids is 1. The lowest BCUT2D eigenvalue weighted by atomic mass is 9.99. The minimum Gasteiger partial charge on any atom is -0.349 e. The van der Waals surface area contributed by atoms with Crippen LogP contribution in [0.25, 0.3) is 0 Å². The van der Waals surface area contributed by atoms with Gasteiger partial charge in [-0.15, -0.1) is 11.3 Å². The maximum absolute atomic E-state index is 11.8. The molecule has 1 aromatic heterocycles. The minimum atomic E-state index is 0.134. The molecular weight excluding hydrogens is 222 g/mol. The summed E-state index contributed by atoms with van der Waals surface area (Å²) in [5, 5.41) is 9.18. The smallest absolute Gasteiger partial charge is 0.224 e. The van der Waals surface area contributed by atoms with E-state index >= 15 is 0 Å². The number of nitrogens with zero attached hydrogens (tertiary/aromatic N) is 1. The molecule has 1 saturated heterocycles. The molecule has 1 unspecified atom stereocenters. The highest BCUT2D eigenvalue weighted by molar-refractivity contribution is 7.09. The fraction of sp³-hybridized carbons (Fsp3) is 0.636. The van der Waals surface area contributed by atoms with Crippen molar-refractivity contribution in [2.75, 3.05) is 13.1 Å². The lowest BCUT2D eigenvalue weighted by Gasteiger charge is -2.21. The van der Waals surface area contributed by atoms with Gasteiger partial charge in [0.15, 0.2) is 0 Å². The molecule has 88 valence electrons. The van der Waals surface area contributed by atoms with Crippen molar-refractivity contribution in [2.24, 2.45) is 5.92 Å². The topological polar surface area (TPSA) is 54.0 Å². The number of aryl methyl sites for hydroxylation is 1. The van der Waals surface area contributed by atoms with Crippen molar-refractivity contribution in [3.63, 3.8) is 0 Å². The van der Waals surface area contributed by atoms with Crippen molar-refractivity contribution in [2.45, 2.75) is 26.3 Å². The SMILES string of the molecule is Cc1csc(CNC(=O)C2CCCNC2)n1. The second-order valence-electron chi connectivity index (χ2n) is 4.14. The molecule has 0 aromatic carbocycles. The van der Waals surface area contributed by atoms with Gasteiger partial charge in [-0.3, -0.25) is 4.79 Å². The van der Waals surface area contributed by atoms with Gasteiger partial charge < -0.3 is 10.6 Å². The first kappa shape index (κ1) is 11.5. The van der Waals surface area contributed by atoms with E-state index in [0.29, 0.717) is 6.54 Å². The molecule has 0 radical (unpaired) electrons. The van der Waals surface area contributed by atoms with Gasteiger partial charge >= 0.3 is 0 Å². The summed E-state index contributed by atoms with van der Waals surface area (Å²) in [5.74, 6) is 0.287. The number of aromatic nitrogens is 1. The Bertz CT molecular complexity index is 358. The van der Waals surface area contributed by atoms with E-state index < -0.39 is 0 Å². The lowest BCUT2D eigenvalue weighted by molar-refractivity contribution is -0.125. The Balaban J connectivity index is 1.78. The third kappa shape index (κ3) is 3.02. The van der Waals surface area contributed by atoms with Crippen LogP contribution >= 0.6 is 11.3 Å². The highest BCUT2D eigenvalue weighted by atomic mass is 32.1. The summed E-state index contributed by atoms with van der Waals surface area (Å²) in [4.78, 5) is 16.1. The van der Waals surface area contributed by atoms with E-state index in [1.54, 1.807) is 11.3 Å². The Morgan fingerprint density at radius 2 is 2.62 bits per heavy atom. The number of rotatable bonds is 3. The number of nitrogens with one attached hydrogen (secondary N) is 2. The van der Waals surface area contributed by atoms with Crippen molar-refractivity contribution in [1.82, 2.24) is 15.6 Å². The van der Waals surface area contributed by atoms with Crippen LogP contribution in [-0.2, 0) is 11.3 Å². The van der Waals surface area contributed by atoms with E-state index in [1.165, 1.54) is 0 Å². The zero-order chi connectivity index (χ0) is 11.4. The van der Waals surface area contributed by atoms with E-state index in [9.17, 15) is 4.79 Å². The van der Waals surface area contributed by atoms with Gasteiger partial charge in [0.2, 0.25) is 5.91 Å². The van der Waals surface area contributed by atoms with Gasteiger partial charge in [-0.2, -0.15) is 0 Å². The summed E-state index contributed by atoms with van der Waals surface area (Å²) in [6.45, 7) is 4.37. The molecule has 4 nitrogen and oxygen atoms in total. The van der Waals surface area contributed by atoms with Crippen molar-refractivity contribution in [3.05, 3.63) is 16.1 Å². The third-order valence-corrected chi connectivity index (χ3v) is 3.71. The zero-order valence-corrected chi connectivity index (χ0v) is 10.3. The van der Waals surface area contributed by atoms with Crippen LogP contribution in [0.2, 0.25) is 0 Å². The van der Waals surface area contributed by atoms with Crippen molar-refractivity contribution < 1.29 is 4.79 Å². The molecule has 1 aromatic rings. The average molecular weight is 239 g/mol. The summed E-state index contributed by atoms with van der Waals surface area (Å²) >= 11 is 1.60. The Kier molecular flexibility index (Phi) is 3.90. The fourth-order valence-electron chi connectivity index (χ4n) is 1.87. The molecule has 16 heavy (non-hydrogen) atoms. The largest absolute Gasteiger partial charge is 0.349 e. The third-order valence-electron chi connectivity index (χ3n) is 2.75. The van der Waals surface area contributed by atoms with E-state index in [0.717, 1.165) is 36.6 Å². The van der Waals surface area contributed by atoms with Gasteiger partial charge in [-0.1, -0.05) is 0 Å². The first-order chi connectivity index (χ1) is 7.75. The van der Waals surface area contributed by atoms with Crippen LogP contribution in [0, 0.1) is 12.8 Å². The summed E-state index contributed by atoms with van der Waals surface area (Å²) in [5.41, 5.74) is 1.02. The van der Waals surface area contributed by atoms with Crippen molar-refractivity contribution >= 4 is 17.2 Å². The second-order valence-corrected chi connectivity index (χ2v) is 5.09. The van der Waals surface area contributed by atoms with Crippen molar-refractivity contribution in [3.8, 4) is 0 Å². The van der Waals surface area contributed by atoms with Gasteiger partial charge in [-0.05, 0) is 26.3 Å². The van der Waals surface area contributed by atoms with Crippen LogP contribution in [0.4, 0.5) is 0 Å². The molecule has 2 heterocycles. The van der Waals surface area contributed by atoms with E-state index in [4.69, 9.17) is 0 Å². The number of thiazole rings is 1. The predicted octanol–water partition coefficient (Wildman–Crippen LogP) is 1.07. The van der Waals surface area contributed by atoms with Gasteiger partial charge in [0.25, 0.3) is 0 Å². The van der Waals surface area contributed by atoms with Crippen LogP contribution < -0.4 is 10.6 Å². The molecule has 1 atom stereocenters. The summed E-state index contributed by atoms with van der Waals surface area (Å²) < 4.78 is 0. The molecule has 2 rings (SSSR count). The molecule has 0 aliphatic carbocycles. The second kappa shape index (κ2) is 5.41. The summed E-state index contributed by atoms with van der Waals surface area (Å²) in [7, 11) is 0. The van der Waals surface area contributed by atoms with E-state index in [1.807, 2.05) is 12.3 Å². The molecule has 0 spiro atoms. The lowest BCUT2D eigenvalue weighted by Crippen LogP contribution is -2.40. The predicted molar refractivity (Wildman–Crippen MR) is 64.3 cm³/mol. The average Bonchev–Trinajstić information content (AvgIpc) is 2.73. The Morgan fingerprint density at radius 1 is 1.75 bits per heavy atom. The zero-order valence-electron chi connectivity index (χ0n) is 9.45. The minimum absolute atomic E-state index is 0.134. The molecule has 0 bridgehead atoms. The standard InChI is InChI=1S/C11H17N3OS/c1-8-7-16-10(14-8)6-13-11(15)9-3-2-4-12-5-9/h7,9,12H,2-6H2,1H3,(H,13,15). The monoisotopic (exact) mass is 239 g/mol. The molecule has 2 N–H and O–H groups in total. The van der Waals surface area contributed by atoms with Crippen LogP contribution in [0.5, 0.6) is 0 Å². The van der Waals surface area contributed by atoms with Gasteiger partial charge in [-0.25, -0.2) is 4.98 Å². The van der Waals surface area contributed by atoms with Crippen LogP contribution in [0.1, 0.15) is 23.5 Å². The van der Waals surface area contributed by atoms with E-state index in [-0.39, 0.29) is 11.8 Å². The van der Waals surface area contributed by atoms with Crippen LogP contribution in [0.3, 0.4) is 0 Å². The van der Waals surface area contributed by atoms with Gasteiger partial charge in [0.1, 0.15) is 5.01 Å². The summed E-state index contributed by atoms with van der Waals surface area (Å²) in [6, 6.07) is 0. The highest BCUT2D eigenvalue weighted by Crippen LogP contribution is 2.11. The Labute approximate surface area is 99.5 Å². The van der Waals surface area contributed by atoms with E-state index in [2.05, 4.69) is 15.6 Å². The number of amides is 1. The molecule has 1 aliphatic heterocycles. The molecule has 1 amide bonds. The first-order valence-corrected chi connectivity index (χ1v) is 6.53. The number of piperidine rings is 1. The van der Waals surface area contributed by atoms with Crippen LogP contribution in [0.15, 0.2) is 5.38 Å². The fourth-order valence-corrected chi connectivity index (χ4v) is 2.58. The number of hydrogen-bond acceptors (Lipinski definition) is 4. The van der Waals surface area contributed by atoms with Crippen molar-refractivity contribution in [1.29, 1.82) is 0 Å². The molecular formula is C11H17N3OS.